The molecule has 1 fully saturated rings. The van der Waals surface area contributed by atoms with Gasteiger partial charge in [0.25, 0.3) is 0 Å². The number of hydrogen-bond donors (Lipinski definition) is 1. The van der Waals surface area contributed by atoms with Gasteiger partial charge in [0.2, 0.25) is 5.91 Å². The Morgan fingerprint density at radius 2 is 1.88 bits per heavy atom. The van der Waals surface area contributed by atoms with E-state index < -0.39 is 0 Å². The van der Waals surface area contributed by atoms with E-state index >= 15 is 0 Å². The van der Waals surface area contributed by atoms with E-state index in [1.54, 1.807) is 0 Å². The molecule has 0 unspecified atom stereocenters. The molecule has 0 saturated carbocycles. The highest BCUT2D eigenvalue weighted by molar-refractivity contribution is 5.82. The summed E-state index contributed by atoms with van der Waals surface area (Å²) in [7, 11) is 0. The summed E-state index contributed by atoms with van der Waals surface area (Å²) < 4.78 is 0. The van der Waals surface area contributed by atoms with Gasteiger partial charge < -0.3 is 5.32 Å². The van der Waals surface area contributed by atoms with Crippen LogP contribution in [0.2, 0.25) is 0 Å². The lowest BCUT2D eigenvalue weighted by atomic mass is 10.1. The highest BCUT2D eigenvalue weighted by Crippen LogP contribution is 2.26. The first kappa shape index (κ1) is 9.85. The number of carbonyl (C=O) groups excluding carboxylic acids is 1. The van der Waals surface area contributed by atoms with Gasteiger partial charge in [-0.05, 0) is 24.0 Å². The number of rotatable bonds is 1. The third kappa shape index (κ3) is 1.61. The number of fused-ring (bicyclic) bond motifs is 1. The molecule has 2 aliphatic rings. The van der Waals surface area contributed by atoms with Gasteiger partial charge in [0.1, 0.15) is 0 Å². The van der Waals surface area contributed by atoms with Crippen LogP contribution in [0.5, 0.6) is 0 Å². The molecular formula is C13H16N2O. The molecular weight excluding hydrogens is 200 g/mol. The summed E-state index contributed by atoms with van der Waals surface area (Å²) in [6.07, 6.45) is 2.10. The lowest BCUT2D eigenvalue weighted by molar-refractivity contribution is -0.128. The average Bonchev–Trinajstić information content (AvgIpc) is 2.73. The Morgan fingerprint density at radius 1 is 1.19 bits per heavy atom. The standard InChI is InChI=1S/C13H16N2O/c16-13-12(6-3-7-14-13)15-8-10-4-1-2-5-11(10)9-15/h1-2,4-5,12H,3,6-9H2,(H,14,16)/t12-/m1/s1. The van der Waals surface area contributed by atoms with Crippen molar-refractivity contribution in [3.8, 4) is 0 Å². The molecule has 1 aromatic rings. The van der Waals surface area contributed by atoms with E-state index in [2.05, 4.69) is 34.5 Å². The van der Waals surface area contributed by atoms with Crippen molar-refractivity contribution in [2.75, 3.05) is 6.54 Å². The largest absolute Gasteiger partial charge is 0.355 e. The van der Waals surface area contributed by atoms with Crippen LogP contribution in [0.25, 0.3) is 0 Å². The summed E-state index contributed by atoms with van der Waals surface area (Å²) in [6.45, 7) is 2.69. The van der Waals surface area contributed by atoms with Crippen LogP contribution in [-0.2, 0) is 17.9 Å². The third-order valence-corrected chi connectivity index (χ3v) is 3.56. The van der Waals surface area contributed by atoms with Gasteiger partial charge in [-0.15, -0.1) is 0 Å². The van der Waals surface area contributed by atoms with Crippen LogP contribution < -0.4 is 5.32 Å². The maximum absolute atomic E-state index is 11.8. The van der Waals surface area contributed by atoms with Gasteiger partial charge in [0.15, 0.2) is 0 Å². The van der Waals surface area contributed by atoms with Gasteiger partial charge in [-0.2, -0.15) is 0 Å². The minimum Gasteiger partial charge on any atom is -0.355 e. The van der Waals surface area contributed by atoms with Crippen molar-refractivity contribution in [2.24, 2.45) is 0 Å². The second kappa shape index (κ2) is 3.91. The Labute approximate surface area is 95.4 Å². The van der Waals surface area contributed by atoms with Crippen molar-refractivity contribution < 1.29 is 4.79 Å². The summed E-state index contributed by atoms with van der Waals surface area (Å²) in [4.78, 5) is 14.1. The van der Waals surface area contributed by atoms with Crippen LogP contribution in [0.3, 0.4) is 0 Å². The summed E-state index contributed by atoms with van der Waals surface area (Å²) in [5.41, 5.74) is 2.75. The van der Waals surface area contributed by atoms with Gasteiger partial charge in [0, 0.05) is 19.6 Å². The normalized spacial score (nSPS) is 25.2. The molecule has 3 heteroatoms. The molecule has 3 nitrogen and oxygen atoms in total. The number of amides is 1. The van der Waals surface area contributed by atoms with E-state index in [0.717, 1.165) is 32.5 Å². The van der Waals surface area contributed by atoms with Crippen LogP contribution in [0.15, 0.2) is 24.3 Å². The maximum atomic E-state index is 11.8. The quantitative estimate of drug-likeness (QED) is 0.767. The molecule has 0 spiro atoms. The van der Waals surface area contributed by atoms with E-state index in [0.29, 0.717) is 0 Å². The number of benzene rings is 1. The molecule has 1 amide bonds. The van der Waals surface area contributed by atoms with Crippen molar-refractivity contribution in [1.29, 1.82) is 0 Å². The Hall–Kier alpha value is -1.35. The predicted octanol–water partition coefficient (Wildman–Crippen LogP) is 1.28. The Balaban J connectivity index is 1.77. The zero-order valence-electron chi connectivity index (χ0n) is 9.28. The minimum absolute atomic E-state index is 0.0844. The molecule has 2 heterocycles. The molecule has 2 aliphatic heterocycles. The molecule has 1 saturated heterocycles. The van der Waals surface area contributed by atoms with Crippen molar-refractivity contribution >= 4 is 5.91 Å². The van der Waals surface area contributed by atoms with Crippen molar-refractivity contribution in [2.45, 2.75) is 32.0 Å². The van der Waals surface area contributed by atoms with Crippen molar-refractivity contribution in [3.63, 3.8) is 0 Å². The Morgan fingerprint density at radius 3 is 2.50 bits per heavy atom. The first-order valence-corrected chi connectivity index (χ1v) is 5.93. The predicted molar refractivity (Wildman–Crippen MR) is 61.7 cm³/mol. The molecule has 0 aliphatic carbocycles. The molecule has 1 aromatic carbocycles. The van der Waals surface area contributed by atoms with E-state index in [1.807, 2.05) is 0 Å². The smallest absolute Gasteiger partial charge is 0.237 e. The minimum atomic E-state index is 0.0844. The van der Waals surface area contributed by atoms with Crippen LogP contribution in [0, 0.1) is 0 Å². The molecule has 0 bridgehead atoms. The number of nitrogens with zero attached hydrogens (tertiary/aromatic N) is 1. The van der Waals surface area contributed by atoms with E-state index in [-0.39, 0.29) is 11.9 Å². The fourth-order valence-corrected chi connectivity index (χ4v) is 2.68. The van der Waals surface area contributed by atoms with Gasteiger partial charge >= 0.3 is 0 Å². The van der Waals surface area contributed by atoms with E-state index in [9.17, 15) is 4.79 Å². The summed E-state index contributed by atoms with van der Waals surface area (Å²) in [5.74, 6) is 0.207. The number of nitrogens with one attached hydrogen (secondary N) is 1. The first-order chi connectivity index (χ1) is 7.84. The highest BCUT2D eigenvalue weighted by atomic mass is 16.2. The van der Waals surface area contributed by atoms with Crippen LogP contribution in [0.4, 0.5) is 0 Å². The fourth-order valence-electron chi connectivity index (χ4n) is 2.68. The van der Waals surface area contributed by atoms with Crippen LogP contribution in [-0.4, -0.2) is 23.4 Å². The second-order valence-corrected chi connectivity index (χ2v) is 4.62. The average molecular weight is 216 g/mol. The Bertz CT molecular complexity index is 391. The molecule has 16 heavy (non-hydrogen) atoms. The number of hydrogen-bond acceptors (Lipinski definition) is 2. The topological polar surface area (TPSA) is 32.3 Å². The molecule has 0 radical (unpaired) electrons. The molecule has 3 rings (SSSR count). The van der Waals surface area contributed by atoms with Gasteiger partial charge in [0.05, 0.1) is 6.04 Å². The number of carbonyl (C=O) groups is 1. The SMILES string of the molecule is O=C1NCCC[C@H]1N1Cc2ccccc2C1. The van der Waals surface area contributed by atoms with E-state index in [1.165, 1.54) is 11.1 Å². The summed E-state index contributed by atoms with van der Waals surface area (Å²) in [6, 6.07) is 8.56. The number of piperidine rings is 1. The summed E-state index contributed by atoms with van der Waals surface area (Å²) >= 11 is 0. The second-order valence-electron chi connectivity index (χ2n) is 4.62. The van der Waals surface area contributed by atoms with Crippen LogP contribution >= 0.6 is 0 Å². The van der Waals surface area contributed by atoms with E-state index in [4.69, 9.17) is 0 Å². The van der Waals surface area contributed by atoms with Gasteiger partial charge in [-0.1, -0.05) is 24.3 Å². The zero-order chi connectivity index (χ0) is 11.0. The highest BCUT2D eigenvalue weighted by Gasteiger charge is 2.31. The van der Waals surface area contributed by atoms with Crippen LogP contribution in [0.1, 0.15) is 24.0 Å². The van der Waals surface area contributed by atoms with Crippen molar-refractivity contribution in [3.05, 3.63) is 35.4 Å². The van der Waals surface area contributed by atoms with Gasteiger partial charge in [-0.25, -0.2) is 0 Å². The molecule has 1 N–H and O–H groups in total. The first-order valence-electron chi connectivity index (χ1n) is 5.93. The Kier molecular flexibility index (Phi) is 2.40. The summed E-state index contributed by atoms with van der Waals surface area (Å²) in [5, 5.41) is 2.96. The monoisotopic (exact) mass is 216 g/mol. The van der Waals surface area contributed by atoms with Gasteiger partial charge in [-0.3, -0.25) is 9.69 Å². The third-order valence-electron chi connectivity index (χ3n) is 3.56. The fraction of sp³-hybridized carbons (Fsp3) is 0.462. The van der Waals surface area contributed by atoms with Crippen molar-refractivity contribution in [1.82, 2.24) is 10.2 Å². The zero-order valence-corrected chi connectivity index (χ0v) is 9.28. The molecule has 0 aromatic heterocycles. The lowest BCUT2D eigenvalue weighted by Crippen LogP contribution is -2.48. The lowest BCUT2D eigenvalue weighted by Gasteiger charge is -2.29. The maximum Gasteiger partial charge on any atom is 0.237 e. The molecule has 84 valence electrons. The molecule has 1 atom stereocenters.